The molecule has 0 heterocycles. The van der Waals surface area contributed by atoms with E-state index in [-0.39, 0.29) is 47.3 Å². The van der Waals surface area contributed by atoms with Crippen LogP contribution >= 0.6 is 0 Å². The molecule has 0 aromatic rings. The van der Waals surface area contributed by atoms with Crippen LogP contribution in [0.1, 0.15) is 77.0 Å². The van der Waals surface area contributed by atoms with Gasteiger partial charge in [-0.15, -0.1) is 0 Å². The molecule has 28 heavy (non-hydrogen) atoms. The number of hydrogen-bond donors (Lipinski definition) is 4. The summed E-state index contributed by atoms with van der Waals surface area (Å²) in [5.41, 5.74) is 21.6. The van der Waals surface area contributed by atoms with E-state index in [1.54, 1.807) is 0 Å². The predicted octanol–water partition coefficient (Wildman–Crippen LogP) is 1.09. The minimum absolute atomic E-state index is 0.129. The monoisotopic (exact) mass is 396 g/mol. The number of carbonyl (C=O) groups excluding carboxylic acids is 4. The Morgan fingerprint density at radius 2 is 0.571 bits per heavy atom. The molecular formula is C20H36N4O4. The molecule has 0 unspecified atom stereocenters. The zero-order valence-electron chi connectivity index (χ0n) is 16.7. The number of hydrogen-bond acceptors (Lipinski definition) is 4. The summed E-state index contributed by atoms with van der Waals surface area (Å²) < 4.78 is 0. The third kappa shape index (κ3) is 10.9. The molecule has 0 aromatic carbocycles. The highest BCUT2D eigenvalue weighted by Gasteiger charge is 2.24. The number of primary amides is 4. The summed E-state index contributed by atoms with van der Waals surface area (Å²) >= 11 is 0. The molecule has 1 saturated carbocycles. The second-order valence-corrected chi connectivity index (χ2v) is 8.46. The molecule has 1 aliphatic rings. The third-order valence-corrected chi connectivity index (χ3v) is 5.89. The van der Waals surface area contributed by atoms with Gasteiger partial charge in [-0.05, 0) is 75.0 Å². The van der Waals surface area contributed by atoms with Crippen molar-refractivity contribution < 1.29 is 19.2 Å². The maximum atomic E-state index is 11.4. The minimum Gasteiger partial charge on any atom is -0.370 e. The fourth-order valence-corrected chi connectivity index (χ4v) is 4.42. The normalized spacial score (nSPS) is 27.1. The molecule has 0 atom stereocenters. The Morgan fingerprint density at radius 3 is 0.679 bits per heavy atom. The van der Waals surface area contributed by atoms with Crippen molar-refractivity contribution in [2.24, 2.45) is 46.6 Å². The van der Waals surface area contributed by atoms with Gasteiger partial charge in [-0.1, -0.05) is 0 Å². The van der Waals surface area contributed by atoms with E-state index < -0.39 is 0 Å². The Bertz CT molecular complexity index is 440. The number of carbonyl (C=O) groups is 4. The lowest BCUT2D eigenvalue weighted by Gasteiger charge is -2.26. The van der Waals surface area contributed by atoms with Crippen LogP contribution in [0.3, 0.4) is 0 Å². The average molecular weight is 397 g/mol. The minimum atomic E-state index is -0.337. The van der Waals surface area contributed by atoms with Crippen molar-refractivity contribution in [3.05, 3.63) is 0 Å². The molecule has 0 aromatic heterocycles. The van der Waals surface area contributed by atoms with E-state index in [1.165, 1.54) is 0 Å². The number of rotatable bonds is 8. The molecule has 8 nitrogen and oxygen atoms in total. The zero-order chi connectivity index (χ0) is 21.1. The molecule has 0 bridgehead atoms. The summed E-state index contributed by atoms with van der Waals surface area (Å²) in [6, 6.07) is 0. The Hall–Kier alpha value is -2.12. The highest BCUT2D eigenvalue weighted by atomic mass is 16.2. The van der Waals surface area contributed by atoms with Gasteiger partial charge in [-0.2, -0.15) is 0 Å². The topological polar surface area (TPSA) is 172 Å². The lowest BCUT2D eigenvalue weighted by Crippen LogP contribution is -2.24. The molecule has 0 spiro atoms. The van der Waals surface area contributed by atoms with Gasteiger partial charge < -0.3 is 22.9 Å². The molecular weight excluding hydrogens is 360 g/mol. The van der Waals surface area contributed by atoms with Crippen LogP contribution in [0, 0.1) is 23.7 Å². The van der Waals surface area contributed by atoms with Crippen molar-refractivity contribution in [1.29, 1.82) is 0 Å². The molecule has 0 aliphatic heterocycles. The van der Waals surface area contributed by atoms with Crippen molar-refractivity contribution in [1.82, 2.24) is 0 Å². The Labute approximate surface area is 167 Å². The van der Waals surface area contributed by atoms with E-state index in [0.29, 0.717) is 25.7 Å². The van der Waals surface area contributed by atoms with Crippen molar-refractivity contribution in [2.75, 3.05) is 0 Å². The first kappa shape index (κ1) is 23.9. The Morgan fingerprint density at radius 1 is 0.429 bits per heavy atom. The van der Waals surface area contributed by atoms with Gasteiger partial charge in [0, 0.05) is 25.7 Å². The number of nitrogens with two attached hydrogens (primary N) is 4. The molecule has 1 rings (SSSR count). The zero-order valence-corrected chi connectivity index (χ0v) is 16.7. The molecule has 4 amide bonds. The van der Waals surface area contributed by atoms with Crippen LogP contribution < -0.4 is 22.9 Å². The van der Waals surface area contributed by atoms with Crippen LogP contribution in [-0.4, -0.2) is 23.6 Å². The summed E-state index contributed by atoms with van der Waals surface area (Å²) in [5.74, 6) is -0.831. The standard InChI is InChI=1S/C20H36N4O4/c21-17(25)9-13-1-2-14(10-18(22)26)5-6-16(12-20(24)28)8-7-15(4-3-13)11-19(23)27/h13-16H,1-12H2,(H2,21,25)(H2,22,26)(H2,23,27)(H2,24,28). The molecule has 8 heteroatoms. The molecule has 0 radical (unpaired) electrons. The van der Waals surface area contributed by atoms with E-state index >= 15 is 0 Å². The van der Waals surface area contributed by atoms with Crippen molar-refractivity contribution >= 4 is 23.6 Å². The number of amides is 4. The van der Waals surface area contributed by atoms with Crippen LogP contribution in [0.4, 0.5) is 0 Å². The molecule has 8 N–H and O–H groups in total. The summed E-state index contributed by atoms with van der Waals surface area (Å²) in [5, 5.41) is 0. The van der Waals surface area contributed by atoms with Gasteiger partial charge in [-0.3, -0.25) is 19.2 Å². The molecule has 1 aliphatic carbocycles. The summed E-state index contributed by atoms with van der Waals surface area (Å²) in [7, 11) is 0. The van der Waals surface area contributed by atoms with Crippen molar-refractivity contribution in [3.63, 3.8) is 0 Å². The SMILES string of the molecule is NC(=O)CC1CCC(CC(N)=O)CCC(CC(N)=O)CCC(CC(N)=O)CC1. The van der Waals surface area contributed by atoms with E-state index in [4.69, 9.17) is 22.9 Å². The van der Waals surface area contributed by atoms with Gasteiger partial charge in [0.1, 0.15) is 0 Å². The van der Waals surface area contributed by atoms with Gasteiger partial charge >= 0.3 is 0 Å². The molecule has 160 valence electrons. The lowest BCUT2D eigenvalue weighted by molar-refractivity contribution is -0.120. The lowest BCUT2D eigenvalue weighted by atomic mass is 9.79. The fraction of sp³-hybridized carbons (Fsp3) is 0.800. The van der Waals surface area contributed by atoms with E-state index in [0.717, 1.165) is 51.4 Å². The van der Waals surface area contributed by atoms with Crippen LogP contribution in [0.5, 0.6) is 0 Å². The van der Waals surface area contributed by atoms with Gasteiger partial charge in [0.2, 0.25) is 23.6 Å². The maximum absolute atomic E-state index is 11.4. The van der Waals surface area contributed by atoms with Crippen LogP contribution in [0.2, 0.25) is 0 Å². The summed E-state index contributed by atoms with van der Waals surface area (Å²) in [6.07, 6.45) is 7.47. The van der Waals surface area contributed by atoms with Gasteiger partial charge in [0.05, 0.1) is 0 Å². The predicted molar refractivity (Wildman–Crippen MR) is 106 cm³/mol. The van der Waals surface area contributed by atoms with Gasteiger partial charge in [0.15, 0.2) is 0 Å². The quantitative estimate of drug-likeness (QED) is 0.481. The molecule has 1 fully saturated rings. The highest BCUT2D eigenvalue weighted by molar-refractivity contribution is 5.75. The van der Waals surface area contributed by atoms with Crippen molar-refractivity contribution in [2.45, 2.75) is 77.0 Å². The van der Waals surface area contributed by atoms with Crippen LogP contribution in [0.15, 0.2) is 0 Å². The largest absolute Gasteiger partial charge is 0.370 e. The second kappa shape index (κ2) is 12.4. The highest BCUT2D eigenvalue weighted by Crippen LogP contribution is 2.33. The Balaban J connectivity index is 2.90. The van der Waals surface area contributed by atoms with Crippen molar-refractivity contribution in [3.8, 4) is 0 Å². The average Bonchev–Trinajstić information content (AvgIpc) is 2.55. The van der Waals surface area contributed by atoms with E-state index in [9.17, 15) is 19.2 Å². The fourth-order valence-electron chi connectivity index (χ4n) is 4.42. The summed E-state index contributed by atoms with van der Waals surface area (Å²) in [6.45, 7) is 0. The van der Waals surface area contributed by atoms with Gasteiger partial charge in [0.25, 0.3) is 0 Å². The Kier molecular flexibility index (Phi) is 10.6. The first-order chi connectivity index (χ1) is 13.2. The molecule has 0 saturated heterocycles. The van der Waals surface area contributed by atoms with E-state index in [2.05, 4.69) is 0 Å². The second-order valence-electron chi connectivity index (χ2n) is 8.46. The van der Waals surface area contributed by atoms with Gasteiger partial charge in [-0.25, -0.2) is 0 Å². The smallest absolute Gasteiger partial charge is 0.217 e. The van der Waals surface area contributed by atoms with Crippen LogP contribution in [-0.2, 0) is 19.2 Å². The van der Waals surface area contributed by atoms with Crippen LogP contribution in [0.25, 0.3) is 0 Å². The maximum Gasteiger partial charge on any atom is 0.217 e. The third-order valence-electron chi connectivity index (χ3n) is 5.89. The first-order valence-electron chi connectivity index (χ1n) is 10.3. The summed E-state index contributed by atoms with van der Waals surface area (Å²) in [4.78, 5) is 45.7. The van der Waals surface area contributed by atoms with E-state index in [1.807, 2.05) is 0 Å². The first-order valence-corrected chi connectivity index (χ1v) is 10.3.